The lowest BCUT2D eigenvalue weighted by Crippen LogP contribution is -2.43. The molecule has 5 nitrogen and oxygen atoms in total. The monoisotopic (exact) mass is 275 g/mol. The van der Waals surface area contributed by atoms with Crippen molar-refractivity contribution in [3.63, 3.8) is 0 Å². The number of rotatable bonds is 5. The predicted octanol–water partition coefficient (Wildman–Crippen LogP) is 1.15. The molecule has 0 aliphatic carbocycles. The van der Waals surface area contributed by atoms with E-state index in [-0.39, 0.29) is 18.0 Å². The van der Waals surface area contributed by atoms with E-state index >= 15 is 0 Å². The third kappa shape index (κ3) is 4.26. The molecule has 1 aromatic rings. The van der Waals surface area contributed by atoms with E-state index in [0.717, 1.165) is 12.8 Å². The van der Waals surface area contributed by atoms with E-state index in [1.54, 1.807) is 11.9 Å². The second-order valence-corrected chi connectivity index (χ2v) is 5.16. The lowest BCUT2D eigenvalue weighted by Gasteiger charge is -2.13. The number of carbonyl (C=O) groups excluding carboxylic acids is 2. The van der Waals surface area contributed by atoms with Crippen LogP contribution in [0, 0.1) is 0 Å². The van der Waals surface area contributed by atoms with Gasteiger partial charge < -0.3 is 15.5 Å². The number of urea groups is 1. The molecule has 1 fully saturated rings. The maximum Gasteiger partial charge on any atom is 0.315 e. The van der Waals surface area contributed by atoms with Crippen LogP contribution in [0.15, 0.2) is 30.3 Å². The molecule has 0 unspecified atom stereocenters. The Kier molecular flexibility index (Phi) is 4.98. The minimum Gasteiger partial charge on any atom is -0.344 e. The largest absolute Gasteiger partial charge is 0.344 e. The van der Waals surface area contributed by atoms with Gasteiger partial charge >= 0.3 is 6.03 Å². The first kappa shape index (κ1) is 14.4. The van der Waals surface area contributed by atoms with Crippen LogP contribution in [0.5, 0.6) is 0 Å². The van der Waals surface area contributed by atoms with Crippen molar-refractivity contribution < 1.29 is 9.59 Å². The topological polar surface area (TPSA) is 61.4 Å². The van der Waals surface area contributed by atoms with Gasteiger partial charge in [-0.3, -0.25) is 4.79 Å². The maximum absolute atomic E-state index is 11.7. The first-order valence-electron chi connectivity index (χ1n) is 6.97. The van der Waals surface area contributed by atoms with Gasteiger partial charge in [-0.1, -0.05) is 30.3 Å². The second kappa shape index (κ2) is 6.93. The van der Waals surface area contributed by atoms with Crippen LogP contribution in [0.3, 0.4) is 0 Å². The highest BCUT2D eigenvalue weighted by molar-refractivity contribution is 5.81. The third-order valence-corrected chi connectivity index (χ3v) is 3.45. The molecule has 0 saturated carbocycles. The fourth-order valence-corrected chi connectivity index (χ4v) is 2.34. The Labute approximate surface area is 119 Å². The molecule has 1 heterocycles. The van der Waals surface area contributed by atoms with E-state index in [0.29, 0.717) is 19.5 Å². The highest BCUT2D eigenvalue weighted by Gasteiger charge is 2.27. The van der Waals surface area contributed by atoms with Crippen LogP contribution < -0.4 is 10.6 Å². The molecule has 0 aromatic heterocycles. The molecule has 1 aliphatic rings. The molecule has 1 saturated heterocycles. The van der Waals surface area contributed by atoms with Crippen LogP contribution in [-0.2, 0) is 11.2 Å². The Morgan fingerprint density at radius 3 is 2.75 bits per heavy atom. The molecule has 5 heteroatoms. The van der Waals surface area contributed by atoms with Crippen LogP contribution >= 0.6 is 0 Å². The summed E-state index contributed by atoms with van der Waals surface area (Å²) in [6.07, 6.45) is 2.25. The van der Waals surface area contributed by atoms with E-state index in [2.05, 4.69) is 22.8 Å². The first-order chi connectivity index (χ1) is 9.65. The average molecular weight is 275 g/mol. The number of benzene rings is 1. The van der Waals surface area contributed by atoms with Crippen molar-refractivity contribution in [3.05, 3.63) is 35.9 Å². The zero-order chi connectivity index (χ0) is 14.4. The number of hydrogen-bond donors (Lipinski definition) is 2. The Morgan fingerprint density at radius 1 is 1.35 bits per heavy atom. The van der Waals surface area contributed by atoms with Crippen molar-refractivity contribution in [3.8, 4) is 0 Å². The van der Waals surface area contributed by atoms with Crippen LogP contribution in [0.1, 0.15) is 18.4 Å². The standard InChI is InChI=1S/C15H21N3O2/c1-18-11-13(10-14(18)19)17-15(20)16-9-5-8-12-6-3-2-4-7-12/h2-4,6-7,13H,5,8-11H2,1H3,(H2,16,17,20)/t13-/m0/s1. The summed E-state index contributed by atoms with van der Waals surface area (Å²) in [7, 11) is 1.75. The quantitative estimate of drug-likeness (QED) is 0.792. The highest BCUT2D eigenvalue weighted by Crippen LogP contribution is 2.07. The lowest BCUT2D eigenvalue weighted by molar-refractivity contribution is -0.126. The van der Waals surface area contributed by atoms with Gasteiger partial charge in [0, 0.05) is 26.6 Å². The first-order valence-corrected chi connectivity index (χ1v) is 6.97. The highest BCUT2D eigenvalue weighted by atomic mass is 16.2. The van der Waals surface area contributed by atoms with E-state index in [1.807, 2.05) is 18.2 Å². The molecule has 0 bridgehead atoms. The van der Waals surface area contributed by atoms with Crippen LogP contribution in [-0.4, -0.2) is 43.0 Å². The Hall–Kier alpha value is -2.04. The van der Waals surface area contributed by atoms with Gasteiger partial charge in [-0.15, -0.1) is 0 Å². The van der Waals surface area contributed by atoms with Gasteiger partial charge in [-0.2, -0.15) is 0 Å². The van der Waals surface area contributed by atoms with Crippen molar-refractivity contribution in [2.45, 2.75) is 25.3 Å². The fraction of sp³-hybridized carbons (Fsp3) is 0.467. The van der Waals surface area contributed by atoms with Gasteiger partial charge in [-0.05, 0) is 18.4 Å². The second-order valence-electron chi connectivity index (χ2n) is 5.16. The lowest BCUT2D eigenvalue weighted by atomic mass is 10.1. The number of likely N-dealkylation sites (N-methyl/N-ethyl adjacent to an activating group) is 1. The zero-order valence-corrected chi connectivity index (χ0v) is 11.8. The number of likely N-dealkylation sites (tertiary alicyclic amines) is 1. The molecule has 0 spiro atoms. The van der Waals surface area contributed by atoms with Crippen LogP contribution in [0.4, 0.5) is 4.79 Å². The molecule has 0 radical (unpaired) electrons. The summed E-state index contributed by atoms with van der Waals surface area (Å²) in [5, 5.41) is 5.66. The van der Waals surface area contributed by atoms with Crippen LogP contribution in [0.2, 0.25) is 0 Å². The van der Waals surface area contributed by atoms with Gasteiger partial charge in [0.15, 0.2) is 0 Å². The predicted molar refractivity (Wildman–Crippen MR) is 77.3 cm³/mol. The van der Waals surface area contributed by atoms with E-state index < -0.39 is 0 Å². The summed E-state index contributed by atoms with van der Waals surface area (Å²) in [5.74, 6) is 0.0828. The molecule has 2 N–H and O–H groups in total. The van der Waals surface area contributed by atoms with Crippen molar-refractivity contribution >= 4 is 11.9 Å². The number of nitrogens with one attached hydrogen (secondary N) is 2. The minimum absolute atomic E-state index is 0.0679. The molecule has 1 aliphatic heterocycles. The maximum atomic E-state index is 11.7. The van der Waals surface area contributed by atoms with Gasteiger partial charge in [0.1, 0.15) is 0 Å². The summed E-state index contributed by atoms with van der Waals surface area (Å²) in [4.78, 5) is 24.6. The van der Waals surface area contributed by atoms with Crippen molar-refractivity contribution in [1.82, 2.24) is 15.5 Å². The van der Waals surface area contributed by atoms with Gasteiger partial charge in [0.2, 0.25) is 5.91 Å². The molecule has 1 aromatic carbocycles. The number of nitrogens with zero attached hydrogens (tertiary/aromatic N) is 1. The van der Waals surface area contributed by atoms with E-state index in [9.17, 15) is 9.59 Å². The van der Waals surface area contributed by atoms with E-state index in [1.165, 1.54) is 5.56 Å². The number of aryl methyl sites for hydroxylation is 1. The number of hydrogen-bond acceptors (Lipinski definition) is 2. The SMILES string of the molecule is CN1C[C@@H](NC(=O)NCCCc2ccccc2)CC1=O. The van der Waals surface area contributed by atoms with Crippen LogP contribution in [0.25, 0.3) is 0 Å². The zero-order valence-electron chi connectivity index (χ0n) is 11.8. The van der Waals surface area contributed by atoms with Crippen molar-refractivity contribution in [2.24, 2.45) is 0 Å². The van der Waals surface area contributed by atoms with Gasteiger partial charge in [0.05, 0.1) is 6.04 Å². The number of carbonyl (C=O) groups is 2. The van der Waals surface area contributed by atoms with Crippen molar-refractivity contribution in [1.29, 1.82) is 0 Å². The van der Waals surface area contributed by atoms with E-state index in [4.69, 9.17) is 0 Å². The van der Waals surface area contributed by atoms with Crippen molar-refractivity contribution in [2.75, 3.05) is 20.1 Å². The molecular weight excluding hydrogens is 254 g/mol. The molecular formula is C15H21N3O2. The normalized spacial score (nSPS) is 18.1. The van der Waals surface area contributed by atoms with Gasteiger partial charge in [-0.25, -0.2) is 4.79 Å². The Morgan fingerprint density at radius 2 is 2.10 bits per heavy atom. The summed E-state index contributed by atoms with van der Waals surface area (Å²) < 4.78 is 0. The molecule has 1 atom stereocenters. The Balaban J connectivity index is 1.60. The fourth-order valence-electron chi connectivity index (χ4n) is 2.34. The summed E-state index contributed by atoms with van der Waals surface area (Å²) in [5.41, 5.74) is 1.28. The third-order valence-electron chi connectivity index (χ3n) is 3.45. The summed E-state index contributed by atoms with van der Waals surface area (Å²) >= 11 is 0. The average Bonchev–Trinajstić information content (AvgIpc) is 2.74. The molecule has 20 heavy (non-hydrogen) atoms. The molecule has 2 rings (SSSR count). The minimum atomic E-state index is -0.189. The van der Waals surface area contributed by atoms with Gasteiger partial charge in [0.25, 0.3) is 0 Å². The summed E-state index contributed by atoms with van der Waals surface area (Å²) in [6.45, 7) is 1.23. The summed E-state index contributed by atoms with van der Waals surface area (Å²) in [6, 6.07) is 9.94. The number of amides is 3. The molecule has 108 valence electrons. The molecule has 3 amide bonds. The Bertz CT molecular complexity index is 461. The smallest absolute Gasteiger partial charge is 0.315 e.